The molecule has 0 aliphatic carbocycles. The van der Waals surface area contributed by atoms with Crippen LogP contribution in [0.4, 0.5) is 5.82 Å². The lowest BCUT2D eigenvalue weighted by molar-refractivity contribution is 0.332. The van der Waals surface area contributed by atoms with Crippen LogP contribution in [-0.2, 0) is 6.54 Å². The average molecular weight is 328 g/mol. The molecule has 1 aromatic carbocycles. The summed E-state index contributed by atoms with van der Waals surface area (Å²) in [5.41, 5.74) is 10.8. The lowest BCUT2D eigenvalue weighted by Gasteiger charge is -2.16. The van der Waals surface area contributed by atoms with Crippen LogP contribution in [0.25, 0.3) is 22.2 Å². The Kier molecular flexibility index (Phi) is 4.09. The number of aromatic nitrogens is 2. The molecule has 0 radical (unpaired) electrons. The number of terminal acetylenes is 1. The first-order valence-corrected chi connectivity index (χ1v) is 8.58. The van der Waals surface area contributed by atoms with Crippen LogP contribution in [0.15, 0.2) is 42.6 Å². The van der Waals surface area contributed by atoms with Gasteiger partial charge in [0, 0.05) is 29.3 Å². The smallest absolute Gasteiger partial charge is 0.149 e. The lowest BCUT2D eigenvalue weighted by Crippen LogP contribution is -2.18. The minimum atomic E-state index is 0.468. The average Bonchev–Trinajstić information content (AvgIpc) is 3.17. The van der Waals surface area contributed by atoms with E-state index >= 15 is 0 Å². The number of rotatable bonds is 3. The summed E-state index contributed by atoms with van der Waals surface area (Å²) >= 11 is 0. The van der Waals surface area contributed by atoms with E-state index in [1.165, 1.54) is 18.4 Å². The van der Waals surface area contributed by atoms with Crippen molar-refractivity contribution in [2.24, 2.45) is 0 Å². The van der Waals surface area contributed by atoms with Gasteiger partial charge in [-0.2, -0.15) is 0 Å². The number of pyridine rings is 2. The number of fused-ring (bicyclic) bond motifs is 1. The van der Waals surface area contributed by atoms with E-state index in [1.807, 2.05) is 36.5 Å². The maximum Gasteiger partial charge on any atom is 0.149 e. The molecular weight excluding hydrogens is 308 g/mol. The highest BCUT2D eigenvalue weighted by atomic mass is 15.1. The van der Waals surface area contributed by atoms with Crippen LogP contribution in [0, 0.1) is 12.3 Å². The Morgan fingerprint density at radius 3 is 2.80 bits per heavy atom. The Balaban J connectivity index is 1.77. The quantitative estimate of drug-likeness (QED) is 0.748. The number of likely N-dealkylation sites (tertiary alicyclic amines) is 1. The molecule has 3 heterocycles. The SMILES string of the molecule is C#Cc1cccc(-c2ccc3c(CN4CCCC4)cnc(N)c3n2)c1. The topological polar surface area (TPSA) is 55.0 Å². The number of hydrogen-bond acceptors (Lipinski definition) is 4. The van der Waals surface area contributed by atoms with Crippen LogP contribution in [-0.4, -0.2) is 28.0 Å². The molecule has 1 aliphatic heterocycles. The third-order valence-electron chi connectivity index (χ3n) is 4.76. The number of nitrogens with two attached hydrogens (primary N) is 1. The highest BCUT2D eigenvalue weighted by molar-refractivity contribution is 5.91. The van der Waals surface area contributed by atoms with Crippen molar-refractivity contribution in [2.75, 3.05) is 18.8 Å². The highest BCUT2D eigenvalue weighted by Crippen LogP contribution is 2.27. The predicted molar refractivity (Wildman–Crippen MR) is 102 cm³/mol. The van der Waals surface area contributed by atoms with Crippen molar-refractivity contribution in [2.45, 2.75) is 19.4 Å². The van der Waals surface area contributed by atoms with Gasteiger partial charge in [-0.3, -0.25) is 4.90 Å². The van der Waals surface area contributed by atoms with Crippen LogP contribution in [0.2, 0.25) is 0 Å². The normalized spacial score (nSPS) is 14.7. The second kappa shape index (κ2) is 6.54. The van der Waals surface area contributed by atoms with Gasteiger partial charge in [0.2, 0.25) is 0 Å². The summed E-state index contributed by atoms with van der Waals surface area (Å²) in [5.74, 6) is 3.13. The summed E-state index contributed by atoms with van der Waals surface area (Å²) < 4.78 is 0. The molecule has 1 fully saturated rings. The van der Waals surface area contributed by atoms with Gasteiger partial charge in [0.05, 0.1) is 5.69 Å². The second-order valence-corrected chi connectivity index (χ2v) is 6.47. The molecule has 1 aliphatic rings. The van der Waals surface area contributed by atoms with Gasteiger partial charge in [0.25, 0.3) is 0 Å². The Morgan fingerprint density at radius 1 is 1.16 bits per heavy atom. The molecule has 2 aromatic heterocycles. The van der Waals surface area contributed by atoms with Gasteiger partial charge in [0.1, 0.15) is 11.3 Å². The zero-order valence-electron chi connectivity index (χ0n) is 14.1. The van der Waals surface area contributed by atoms with Crippen molar-refractivity contribution in [3.05, 3.63) is 53.7 Å². The van der Waals surface area contributed by atoms with E-state index in [0.29, 0.717) is 5.82 Å². The van der Waals surface area contributed by atoms with Crippen molar-refractivity contribution in [3.63, 3.8) is 0 Å². The monoisotopic (exact) mass is 328 g/mol. The van der Waals surface area contributed by atoms with Crippen LogP contribution < -0.4 is 5.73 Å². The number of anilines is 1. The Bertz CT molecular complexity index is 965. The standard InChI is InChI=1S/C21H20N4/c1-2-15-6-5-7-16(12-15)19-9-8-18-17(14-25-10-3-4-11-25)13-23-21(22)20(18)24-19/h1,5-9,12-13H,3-4,10-11,14H2,(H2,22,23). The van der Waals surface area contributed by atoms with E-state index in [4.69, 9.17) is 17.1 Å². The van der Waals surface area contributed by atoms with Gasteiger partial charge in [-0.25, -0.2) is 9.97 Å². The van der Waals surface area contributed by atoms with Crippen LogP contribution in [0.3, 0.4) is 0 Å². The predicted octanol–water partition coefficient (Wildman–Crippen LogP) is 3.46. The Labute approximate surface area is 147 Å². The summed E-state index contributed by atoms with van der Waals surface area (Å²) in [7, 11) is 0. The van der Waals surface area contributed by atoms with Crippen LogP contribution >= 0.6 is 0 Å². The Morgan fingerprint density at radius 2 is 2.00 bits per heavy atom. The molecule has 4 rings (SSSR count). The molecule has 0 saturated carbocycles. The Hall–Kier alpha value is -2.90. The fraction of sp³-hybridized carbons (Fsp3) is 0.238. The molecule has 1 saturated heterocycles. The van der Waals surface area contributed by atoms with Crippen molar-refractivity contribution < 1.29 is 0 Å². The van der Waals surface area contributed by atoms with Gasteiger partial charge in [0.15, 0.2) is 0 Å². The number of hydrogen-bond donors (Lipinski definition) is 1. The molecule has 4 heteroatoms. The first-order valence-electron chi connectivity index (χ1n) is 8.58. The van der Waals surface area contributed by atoms with Gasteiger partial charge >= 0.3 is 0 Å². The molecule has 25 heavy (non-hydrogen) atoms. The van der Waals surface area contributed by atoms with Crippen molar-refractivity contribution in [1.82, 2.24) is 14.9 Å². The van der Waals surface area contributed by atoms with Crippen LogP contribution in [0.5, 0.6) is 0 Å². The van der Waals surface area contributed by atoms with E-state index < -0.39 is 0 Å². The van der Waals surface area contributed by atoms with Crippen LogP contribution in [0.1, 0.15) is 24.0 Å². The summed E-state index contributed by atoms with van der Waals surface area (Å²) in [4.78, 5) is 11.6. The number of nitrogens with zero attached hydrogens (tertiary/aromatic N) is 3. The van der Waals surface area contributed by atoms with Crippen molar-refractivity contribution in [3.8, 4) is 23.6 Å². The summed E-state index contributed by atoms with van der Waals surface area (Å²) in [5, 5.41) is 1.08. The first kappa shape index (κ1) is 15.6. The number of benzene rings is 1. The molecule has 2 N–H and O–H groups in total. The first-order chi connectivity index (χ1) is 12.2. The third-order valence-corrected chi connectivity index (χ3v) is 4.76. The molecule has 3 aromatic rings. The van der Waals surface area contributed by atoms with Crippen molar-refractivity contribution >= 4 is 16.7 Å². The van der Waals surface area contributed by atoms with Crippen molar-refractivity contribution in [1.29, 1.82) is 0 Å². The summed E-state index contributed by atoms with van der Waals surface area (Å²) in [6, 6.07) is 12.0. The van der Waals surface area contributed by atoms with E-state index in [2.05, 4.69) is 21.9 Å². The van der Waals surface area contributed by atoms with E-state index in [-0.39, 0.29) is 0 Å². The second-order valence-electron chi connectivity index (χ2n) is 6.47. The molecule has 124 valence electrons. The molecule has 0 amide bonds. The maximum absolute atomic E-state index is 6.12. The van der Waals surface area contributed by atoms with E-state index in [1.54, 1.807) is 0 Å². The third kappa shape index (κ3) is 3.07. The lowest BCUT2D eigenvalue weighted by atomic mass is 10.1. The number of nitrogen functional groups attached to an aromatic ring is 1. The van der Waals surface area contributed by atoms with Gasteiger partial charge < -0.3 is 5.73 Å². The van der Waals surface area contributed by atoms with E-state index in [9.17, 15) is 0 Å². The molecule has 0 bridgehead atoms. The zero-order valence-corrected chi connectivity index (χ0v) is 14.1. The summed E-state index contributed by atoms with van der Waals surface area (Å²) in [6.07, 6.45) is 9.93. The minimum Gasteiger partial charge on any atom is -0.382 e. The van der Waals surface area contributed by atoms with Gasteiger partial charge in [-0.05, 0) is 49.7 Å². The highest BCUT2D eigenvalue weighted by Gasteiger charge is 2.15. The minimum absolute atomic E-state index is 0.468. The molecular formula is C21H20N4. The fourth-order valence-electron chi connectivity index (χ4n) is 3.43. The fourth-order valence-corrected chi connectivity index (χ4v) is 3.43. The van der Waals surface area contributed by atoms with Gasteiger partial charge in [-0.1, -0.05) is 24.1 Å². The molecule has 4 nitrogen and oxygen atoms in total. The molecule has 0 atom stereocenters. The van der Waals surface area contributed by atoms with E-state index in [0.717, 1.165) is 47.4 Å². The molecule has 0 spiro atoms. The summed E-state index contributed by atoms with van der Waals surface area (Å²) in [6.45, 7) is 3.20. The van der Waals surface area contributed by atoms with Gasteiger partial charge in [-0.15, -0.1) is 6.42 Å². The largest absolute Gasteiger partial charge is 0.382 e. The molecule has 0 unspecified atom stereocenters. The zero-order chi connectivity index (χ0) is 17.2. The maximum atomic E-state index is 6.12.